The molecule has 0 spiro atoms. The monoisotopic (exact) mass is 390 g/mol. The zero-order chi connectivity index (χ0) is 20.5. The van der Waals surface area contributed by atoms with E-state index in [1.54, 1.807) is 45.5 Å². The Morgan fingerprint density at radius 2 is 1.89 bits per heavy atom. The predicted octanol–water partition coefficient (Wildman–Crippen LogP) is 3.03. The van der Waals surface area contributed by atoms with Gasteiger partial charge in [-0.2, -0.15) is 0 Å². The largest absolute Gasteiger partial charge is 0.497 e. The van der Waals surface area contributed by atoms with Crippen molar-refractivity contribution in [3.05, 3.63) is 53.8 Å². The third-order valence-electron chi connectivity index (χ3n) is 4.26. The van der Waals surface area contributed by atoms with Crippen molar-refractivity contribution in [1.82, 2.24) is 10.2 Å². The van der Waals surface area contributed by atoms with E-state index in [2.05, 4.69) is 5.32 Å². The van der Waals surface area contributed by atoms with Crippen molar-refractivity contribution in [2.75, 3.05) is 41.0 Å². The third kappa shape index (κ3) is 6.13. The smallest absolute Gasteiger partial charge is 0.234 e. The van der Waals surface area contributed by atoms with Crippen LogP contribution in [0.15, 0.2) is 42.5 Å². The van der Waals surface area contributed by atoms with Crippen LogP contribution in [0.2, 0.25) is 0 Å². The number of carbonyl (C=O) groups is 1. The first-order chi connectivity index (χ1) is 13.4. The van der Waals surface area contributed by atoms with Gasteiger partial charge in [-0.15, -0.1) is 0 Å². The lowest BCUT2D eigenvalue weighted by Gasteiger charge is -2.21. The van der Waals surface area contributed by atoms with Crippen LogP contribution >= 0.6 is 0 Å². The van der Waals surface area contributed by atoms with Crippen LogP contribution < -0.4 is 19.5 Å². The molecule has 1 N–H and O–H groups in total. The Balaban J connectivity index is 1.83. The van der Waals surface area contributed by atoms with Crippen molar-refractivity contribution >= 4 is 5.91 Å². The Morgan fingerprint density at radius 1 is 1.14 bits per heavy atom. The second kappa shape index (κ2) is 10.5. The molecule has 0 heterocycles. The molecule has 1 unspecified atom stereocenters. The molecule has 2 aromatic carbocycles. The summed E-state index contributed by atoms with van der Waals surface area (Å²) in [6.45, 7) is 2.84. The Bertz CT molecular complexity index is 785. The van der Waals surface area contributed by atoms with E-state index in [0.717, 1.165) is 5.56 Å². The minimum Gasteiger partial charge on any atom is -0.497 e. The summed E-state index contributed by atoms with van der Waals surface area (Å²) in [5.41, 5.74) is 0.834. The molecule has 28 heavy (non-hydrogen) atoms. The summed E-state index contributed by atoms with van der Waals surface area (Å²) in [5.74, 6) is 1.05. The number of amides is 1. The molecule has 0 fully saturated rings. The summed E-state index contributed by atoms with van der Waals surface area (Å²) < 4.78 is 29.6. The standard InChI is InChI=1S/C21H27FN2O4/c1-15(17-13-16(26-3)9-10-19(17)27-4)23-21(25)14-24(2)11-12-28-20-8-6-5-7-18(20)22/h5-10,13,15H,11-12,14H2,1-4H3,(H,23,25). The van der Waals surface area contributed by atoms with Gasteiger partial charge in [-0.05, 0) is 44.3 Å². The van der Waals surface area contributed by atoms with Gasteiger partial charge in [-0.1, -0.05) is 12.1 Å². The number of para-hydroxylation sites is 1. The molecule has 0 saturated carbocycles. The topological polar surface area (TPSA) is 60.0 Å². The predicted molar refractivity (Wildman–Crippen MR) is 105 cm³/mol. The van der Waals surface area contributed by atoms with Crippen molar-refractivity contribution in [1.29, 1.82) is 0 Å². The number of nitrogens with zero attached hydrogens (tertiary/aromatic N) is 1. The van der Waals surface area contributed by atoms with Gasteiger partial charge in [0.1, 0.15) is 18.1 Å². The van der Waals surface area contributed by atoms with Crippen LogP contribution in [-0.2, 0) is 4.79 Å². The number of rotatable bonds is 10. The first kappa shape index (κ1) is 21.5. The van der Waals surface area contributed by atoms with E-state index in [4.69, 9.17) is 14.2 Å². The highest BCUT2D eigenvalue weighted by atomic mass is 19.1. The third-order valence-corrected chi connectivity index (χ3v) is 4.26. The van der Waals surface area contributed by atoms with Gasteiger partial charge in [0.2, 0.25) is 5.91 Å². The first-order valence-electron chi connectivity index (χ1n) is 9.01. The molecule has 0 saturated heterocycles. The van der Waals surface area contributed by atoms with Crippen LogP contribution in [0.3, 0.4) is 0 Å². The van der Waals surface area contributed by atoms with Crippen molar-refractivity contribution in [2.45, 2.75) is 13.0 Å². The molecule has 1 amide bonds. The van der Waals surface area contributed by atoms with Crippen LogP contribution in [0.4, 0.5) is 4.39 Å². The lowest BCUT2D eigenvalue weighted by molar-refractivity contribution is -0.122. The second-order valence-corrected chi connectivity index (χ2v) is 6.41. The summed E-state index contributed by atoms with van der Waals surface area (Å²) >= 11 is 0. The molecule has 0 aromatic heterocycles. The number of likely N-dealkylation sites (N-methyl/N-ethyl adjacent to an activating group) is 1. The number of nitrogens with one attached hydrogen (secondary N) is 1. The Labute approximate surface area is 165 Å². The average molecular weight is 390 g/mol. The normalized spacial score (nSPS) is 11.8. The van der Waals surface area contributed by atoms with Gasteiger partial charge < -0.3 is 19.5 Å². The maximum atomic E-state index is 13.5. The molecule has 6 nitrogen and oxygen atoms in total. The summed E-state index contributed by atoms with van der Waals surface area (Å²) in [6, 6.07) is 11.5. The molecule has 0 radical (unpaired) electrons. The molecular formula is C21H27FN2O4. The van der Waals surface area contributed by atoms with E-state index >= 15 is 0 Å². The van der Waals surface area contributed by atoms with Crippen molar-refractivity contribution < 1.29 is 23.4 Å². The van der Waals surface area contributed by atoms with Gasteiger partial charge in [0.15, 0.2) is 11.6 Å². The number of ether oxygens (including phenoxy) is 3. The fraction of sp³-hybridized carbons (Fsp3) is 0.381. The average Bonchev–Trinajstić information content (AvgIpc) is 2.68. The molecule has 0 aliphatic heterocycles. The van der Waals surface area contributed by atoms with E-state index in [-0.39, 0.29) is 30.9 Å². The van der Waals surface area contributed by atoms with Gasteiger partial charge in [-0.3, -0.25) is 9.69 Å². The summed E-state index contributed by atoms with van der Waals surface area (Å²) in [4.78, 5) is 14.2. The number of benzene rings is 2. The quantitative estimate of drug-likeness (QED) is 0.676. The van der Waals surface area contributed by atoms with Crippen LogP contribution in [0.5, 0.6) is 17.2 Å². The highest BCUT2D eigenvalue weighted by Gasteiger charge is 2.16. The zero-order valence-corrected chi connectivity index (χ0v) is 16.7. The molecule has 0 aliphatic rings. The number of methoxy groups -OCH3 is 2. The Kier molecular flexibility index (Phi) is 8.07. The minimum absolute atomic E-state index is 0.134. The zero-order valence-electron chi connectivity index (χ0n) is 16.7. The molecule has 7 heteroatoms. The minimum atomic E-state index is -0.399. The first-order valence-corrected chi connectivity index (χ1v) is 9.01. The molecule has 0 aliphatic carbocycles. The van der Waals surface area contributed by atoms with Crippen LogP contribution in [0.25, 0.3) is 0 Å². The number of hydrogen-bond donors (Lipinski definition) is 1. The molecule has 1 atom stereocenters. The summed E-state index contributed by atoms with van der Waals surface area (Å²) in [7, 11) is 4.98. The highest BCUT2D eigenvalue weighted by Crippen LogP contribution is 2.29. The fourth-order valence-corrected chi connectivity index (χ4v) is 2.74. The van der Waals surface area contributed by atoms with Crippen LogP contribution in [0.1, 0.15) is 18.5 Å². The lowest BCUT2D eigenvalue weighted by atomic mass is 10.1. The van der Waals surface area contributed by atoms with E-state index in [9.17, 15) is 9.18 Å². The van der Waals surface area contributed by atoms with E-state index in [1.165, 1.54) is 6.07 Å². The Morgan fingerprint density at radius 3 is 2.57 bits per heavy atom. The number of hydrogen-bond acceptors (Lipinski definition) is 5. The van der Waals surface area contributed by atoms with Crippen LogP contribution in [0, 0.1) is 5.82 Å². The Hall–Kier alpha value is -2.80. The van der Waals surface area contributed by atoms with Crippen molar-refractivity contribution in [3.8, 4) is 17.2 Å². The van der Waals surface area contributed by atoms with Gasteiger partial charge in [-0.25, -0.2) is 4.39 Å². The number of carbonyl (C=O) groups excluding carboxylic acids is 1. The van der Waals surface area contributed by atoms with Gasteiger partial charge in [0, 0.05) is 12.1 Å². The van der Waals surface area contributed by atoms with Gasteiger partial charge in [0.05, 0.1) is 26.8 Å². The fourth-order valence-electron chi connectivity index (χ4n) is 2.74. The second-order valence-electron chi connectivity index (χ2n) is 6.41. The summed E-state index contributed by atoms with van der Waals surface area (Å²) in [5, 5.41) is 2.95. The van der Waals surface area contributed by atoms with E-state index in [0.29, 0.717) is 18.0 Å². The van der Waals surface area contributed by atoms with Gasteiger partial charge in [0.25, 0.3) is 0 Å². The molecular weight excluding hydrogens is 363 g/mol. The molecule has 152 valence electrons. The summed E-state index contributed by atoms with van der Waals surface area (Å²) in [6.07, 6.45) is 0. The molecule has 2 rings (SSSR count). The van der Waals surface area contributed by atoms with Crippen molar-refractivity contribution in [2.24, 2.45) is 0 Å². The SMILES string of the molecule is COc1ccc(OC)c(C(C)NC(=O)CN(C)CCOc2ccccc2F)c1. The van der Waals surface area contributed by atoms with Gasteiger partial charge >= 0.3 is 0 Å². The maximum Gasteiger partial charge on any atom is 0.234 e. The van der Waals surface area contributed by atoms with E-state index < -0.39 is 5.82 Å². The molecule has 0 bridgehead atoms. The molecule has 2 aromatic rings. The van der Waals surface area contributed by atoms with E-state index in [1.807, 2.05) is 24.0 Å². The number of halogens is 1. The maximum absolute atomic E-state index is 13.5. The van der Waals surface area contributed by atoms with Crippen LogP contribution in [-0.4, -0.2) is 51.8 Å². The lowest BCUT2D eigenvalue weighted by Crippen LogP contribution is -2.38. The van der Waals surface area contributed by atoms with Crippen molar-refractivity contribution in [3.63, 3.8) is 0 Å². The highest BCUT2D eigenvalue weighted by molar-refractivity contribution is 5.78.